The van der Waals surface area contributed by atoms with Crippen LogP contribution in [0.25, 0.3) is 10.9 Å². The van der Waals surface area contributed by atoms with Gasteiger partial charge in [0, 0.05) is 23.5 Å². The van der Waals surface area contributed by atoms with Gasteiger partial charge in [-0.25, -0.2) is 0 Å². The maximum Gasteiger partial charge on any atom is 0.325 e. The number of hydrogen-bond acceptors (Lipinski definition) is 7. The minimum Gasteiger partial charge on any atom is -0.480 e. The summed E-state index contributed by atoms with van der Waals surface area (Å²) in [6.07, 6.45) is 3.49. The van der Waals surface area contributed by atoms with Gasteiger partial charge in [0.2, 0.25) is 23.6 Å². The molecule has 1 aromatic carbocycles. The Morgan fingerprint density at radius 1 is 1.03 bits per heavy atom. The molecule has 36 heavy (non-hydrogen) atoms. The molecule has 196 valence electrons. The van der Waals surface area contributed by atoms with Gasteiger partial charge >= 0.3 is 5.97 Å². The highest BCUT2D eigenvalue weighted by molar-refractivity contribution is 7.98. The van der Waals surface area contributed by atoms with E-state index in [-0.39, 0.29) is 6.42 Å². The fraction of sp³-hybridized carbons (Fsp3) is 0.435. The molecule has 0 radical (unpaired) electrons. The highest BCUT2D eigenvalue weighted by Gasteiger charge is 2.31. The minimum absolute atomic E-state index is 0.0628. The smallest absolute Gasteiger partial charge is 0.325 e. The van der Waals surface area contributed by atoms with Gasteiger partial charge in [0.1, 0.15) is 18.1 Å². The molecule has 2 aromatic rings. The molecule has 1 heterocycles. The highest BCUT2D eigenvalue weighted by atomic mass is 32.2. The van der Waals surface area contributed by atoms with Crippen LogP contribution < -0.4 is 27.4 Å². The van der Waals surface area contributed by atoms with Crippen molar-refractivity contribution in [1.82, 2.24) is 20.9 Å². The van der Waals surface area contributed by atoms with Crippen molar-refractivity contribution in [2.75, 3.05) is 12.0 Å². The van der Waals surface area contributed by atoms with E-state index in [9.17, 15) is 24.0 Å². The largest absolute Gasteiger partial charge is 0.480 e. The van der Waals surface area contributed by atoms with Crippen molar-refractivity contribution in [2.45, 2.75) is 50.4 Å². The maximum absolute atomic E-state index is 13.3. The third-order valence-electron chi connectivity index (χ3n) is 5.47. The van der Waals surface area contributed by atoms with Crippen LogP contribution in [0, 0.1) is 0 Å². The van der Waals surface area contributed by atoms with Crippen LogP contribution in [0.3, 0.4) is 0 Å². The van der Waals surface area contributed by atoms with Crippen molar-refractivity contribution in [3.8, 4) is 0 Å². The number of amides is 4. The zero-order valence-electron chi connectivity index (χ0n) is 20.1. The molecule has 0 saturated carbocycles. The summed E-state index contributed by atoms with van der Waals surface area (Å²) in [6.45, 7) is 1.24. The molecule has 4 amide bonds. The van der Waals surface area contributed by atoms with Crippen LogP contribution in [0.4, 0.5) is 0 Å². The second kappa shape index (κ2) is 13.5. The van der Waals surface area contributed by atoms with Crippen molar-refractivity contribution in [3.63, 3.8) is 0 Å². The van der Waals surface area contributed by atoms with Gasteiger partial charge in [-0.05, 0) is 37.0 Å². The average Bonchev–Trinajstić information content (AvgIpc) is 3.23. The summed E-state index contributed by atoms with van der Waals surface area (Å²) in [4.78, 5) is 64.3. The molecule has 1 aromatic heterocycles. The molecular weight excluding hydrogens is 488 g/mol. The van der Waals surface area contributed by atoms with Gasteiger partial charge < -0.3 is 37.5 Å². The first kappa shape index (κ1) is 28.7. The molecule has 0 bridgehead atoms. The number of hydrogen-bond donors (Lipinski definition) is 7. The molecule has 0 aliphatic rings. The normalized spacial score (nSPS) is 14.3. The maximum atomic E-state index is 13.3. The van der Waals surface area contributed by atoms with Crippen LogP contribution in [0.1, 0.15) is 25.3 Å². The first-order valence-corrected chi connectivity index (χ1v) is 12.6. The molecule has 0 aliphatic carbocycles. The number of aliphatic carboxylic acids is 1. The van der Waals surface area contributed by atoms with Crippen molar-refractivity contribution >= 4 is 52.3 Å². The summed E-state index contributed by atoms with van der Waals surface area (Å²) in [5.41, 5.74) is 12.8. The number of primary amides is 1. The van der Waals surface area contributed by atoms with Crippen LogP contribution in [0.5, 0.6) is 0 Å². The van der Waals surface area contributed by atoms with Gasteiger partial charge in [-0.2, -0.15) is 11.8 Å². The topological polar surface area (TPSA) is 209 Å². The third kappa shape index (κ3) is 8.27. The lowest BCUT2D eigenvalue weighted by atomic mass is 10.0. The number of H-pyrrole nitrogens is 1. The third-order valence-corrected chi connectivity index (χ3v) is 6.11. The highest BCUT2D eigenvalue weighted by Crippen LogP contribution is 2.19. The predicted octanol–water partition coefficient (Wildman–Crippen LogP) is -0.775. The molecule has 4 atom stereocenters. The molecular formula is C23H32N6O6S. The van der Waals surface area contributed by atoms with Crippen molar-refractivity contribution < 1.29 is 29.1 Å². The predicted molar refractivity (Wildman–Crippen MR) is 136 cm³/mol. The number of carbonyl (C=O) groups is 5. The molecule has 0 aliphatic heterocycles. The van der Waals surface area contributed by atoms with Crippen LogP contribution in [0.15, 0.2) is 30.5 Å². The fourth-order valence-electron chi connectivity index (χ4n) is 3.44. The van der Waals surface area contributed by atoms with Crippen LogP contribution in [0.2, 0.25) is 0 Å². The summed E-state index contributed by atoms with van der Waals surface area (Å²) in [5, 5.41) is 17.2. The van der Waals surface area contributed by atoms with E-state index in [1.54, 1.807) is 6.20 Å². The number of carboxylic acids is 1. The van der Waals surface area contributed by atoms with E-state index in [0.717, 1.165) is 16.5 Å². The van der Waals surface area contributed by atoms with E-state index in [2.05, 4.69) is 20.9 Å². The Balaban J connectivity index is 2.27. The fourth-order valence-corrected chi connectivity index (χ4v) is 3.93. The number of nitrogens with one attached hydrogen (secondary N) is 4. The molecule has 0 fully saturated rings. The molecule has 9 N–H and O–H groups in total. The number of thioether (sulfide) groups is 1. The number of carbonyl (C=O) groups excluding carboxylic acids is 4. The van der Waals surface area contributed by atoms with E-state index in [0.29, 0.717) is 12.2 Å². The standard InChI is InChI=1S/C23H32N6O6S/c1-12(23(34)35)27-21(32)18(10-19(25)30)29-22(33)17(28-20(31)15(24)7-8-36-2)9-13-11-26-16-6-4-3-5-14(13)16/h3-6,11-12,15,17-18,26H,7-10,24H2,1-2H3,(H2,25,30)(H,27,32)(H,28,31)(H,29,33)(H,34,35). The van der Waals surface area contributed by atoms with E-state index < -0.39 is 60.2 Å². The lowest BCUT2D eigenvalue weighted by Crippen LogP contribution is -2.58. The van der Waals surface area contributed by atoms with E-state index in [1.165, 1.54) is 18.7 Å². The van der Waals surface area contributed by atoms with Gasteiger partial charge in [0.05, 0.1) is 12.5 Å². The molecule has 4 unspecified atom stereocenters. The number of carboxylic acid groups (broad SMARTS) is 1. The quantitative estimate of drug-likeness (QED) is 0.168. The number of rotatable bonds is 14. The van der Waals surface area contributed by atoms with Gasteiger partial charge in [-0.3, -0.25) is 24.0 Å². The Kier molecular flexibility index (Phi) is 10.7. The zero-order chi connectivity index (χ0) is 26.8. The average molecular weight is 521 g/mol. The molecule has 0 saturated heterocycles. The van der Waals surface area contributed by atoms with E-state index in [1.807, 2.05) is 30.5 Å². The SMILES string of the molecule is CSCCC(N)C(=O)NC(Cc1c[nH]c2ccccc12)C(=O)NC(CC(N)=O)C(=O)NC(C)C(=O)O. The Morgan fingerprint density at radius 3 is 2.31 bits per heavy atom. The Bertz CT molecular complexity index is 1110. The summed E-state index contributed by atoms with van der Waals surface area (Å²) in [5.74, 6) is -3.72. The van der Waals surface area contributed by atoms with Crippen molar-refractivity contribution in [2.24, 2.45) is 11.5 Å². The van der Waals surface area contributed by atoms with Crippen molar-refractivity contribution in [3.05, 3.63) is 36.0 Å². The number of aromatic amines is 1. The van der Waals surface area contributed by atoms with Crippen LogP contribution in [-0.2, 0) is 30.4 Å². The molecule has 0 spiro atoms. The summed E-state index contributed by atoms with van der Waals surface area (Å²) < 4.78 is 0. The molecule has 2 rings (SSSR count). The Morgan fingerprint density at radius 2 is 1.67 bits per heavy atom. The zero-order valence-corrected chi connectivity index (χ0v) is 20.9. The number of nitrogens with two attached hydrogens (primary N) is 2. The Hall–Kier alpha value is -3.58. The van der Waals surface area contributed by atoms with E-state index in [4.69, 9.17) is 16.6 Å². The number of para-hydroxylation sites is 1. The summed E-state index contributed by atoms with van der Waals surface area (Å²) in [7, 11) is 0. The molecule has 13 heteroatoms. The first-order chi connectivity index (χ1) is 17.0. The van der Waals surface area contributed by atoms with Crippen LogP contribution >= 0.6 is 11.8 Å². The van der Waals surface area contributed by atoms with Crippen LogP contribution in [-0.4, -0.2) is 75.9 Å². The molecule has 12 nitrogen and oxygen atoms in total. The lowest BCUT2D eigenvalue weighted by molar-refractivity contribution is -0.142. The number of aromatic nitrogens is 1. The second-order valence-electron chi connectivity index (χ2n) is 8.31. The van der Waals surface area contributed by atoms with E-state index >= 15 is 0 Å². The number of benzene rings is 1. The second-order valence-corrected chi connectivity index (χ2v) is 9.30. The first-order valence-electron chi connectivity index (χ1n) is 11.2. The van der Waals surface area contributed by atoms with Gasteiger partial charge in [-0.15, -0.1) is 0 Å². The Labute approximate surface area is 212 Å². The summed E-state index contributed by atoms with van der Waals surface area (Å²) >= 11 is 1.53. The monoisotopic (exact) mass is 520 g/mol. The minimum atomic E-state index is -1.44. The van der Waals surface area contributed by atoms with Crippen molar-refractivity contribution in [1.29, 1.82) is 0 Å². The van der Waals surface area contributed by atoms with Gasteiger partial charge in [0.15, 0.2) is 0 Å². The lowest BCUT2D eigenvalue weighted by Gasteiger charge is -2.24. The number of fused-ring (bicyclic) bond motifs is 1. The van der Waals surface area contributed by atoms with Gasteiger partial charge in [-0.1, -0.05) is 18.2 Å². The van der Waals surface area contributed by atoms with Gasteiger partial charge in [0.25, 0.3) is 0 Å². The summed E-state index contributed by atoms with van der Waals surface area (Å²) in [6, 6.07) is 2.72.